The molecule has 3 rings (SSSR count). The molecule has 6 nitrogen and oxygen atoms in total. The minimum absolute atomic E-state index is 0.109. The first-order chi connectivity index (χ1) is 11.8. The molecule has 1 aliphatic rings. The third-order valence-electron chi connectivity index (χ3n) is 3.87. The predicted octanol–water partition coefficient (Wildman–Crippen LogP) is 2.53. The van der Waals surface area contributed by atoms with Crippen LogP contribution in [0.1, 0.15) is 5.56 Å². The Bertz CT molecular complexity index is 928. The molecule has 8 heteroatoms. The number of anilines is 1. The molecule has 0 aliphatic carbocycles. The molecule has 132 valence electrons. The molecular weight excluding hydrogens is 364 g/mol. The molecule has 0 fully saturated rings. The molecular formula is C17H17ClN2O4S. The van der Waals surface area contributed by atoms with Gasteiger partial charge in [0, 0.05) is 31.2 Å². The van der Waals surface area contributed by atoms with Gasteiger partial charge >= 0.3 is 0 Å². The Balaban J connectivity index is 1.75. The second kappa shape index (κ2) is 6.67. The number of fused-ring (bicyclic) bond motifs is 1. The van der Waals surface area contributed by atoms with E-state index in [1.807, 2.05) is 0 Å². The smallest absolute Gasteiger partial charge is 0.265 e. The Morgan fingerprint density at radius 1 is 1.24 bits per heavy atom. The van der Waals surface area contributed by atoms with E-state index in [2.05, 4.69) is 5.32 Å². The van der Waals surface area contributed by atoms with Crippen molar-refractivity contribution in [3.05, 3.63) is 53.1 Å². The zero-order valence-electron chi connectivity index (χ0n) is 13.7. The number of rotatable bonds is 4. The van der Waals surface area contributed by atoms with Crippen molar-refractivity contribution in [2.45, 2.75) is 17.4 Å². The van der Waals surface area contributed by atoms with Crippen LogP contribution in [-0.2, 0) is 21.2 Å². The number of carbonyl (C=O) groups is 1. The Labute approximate surface area is 151 Å². The summed E-state index contributed by atoms with van der Waals surface area (Å²) in [5.41, 5.74) is 1.27. The SMILES string of the molecule is CN(C)S(=O)(=O)c1cccc(NC(=O)C2Cc3cc(Cl)ccc3O2)c1. The highest BCUT2D eigenvalue weighted by Gasteiger charge is 2.29. The second-order valence-corrected chi connectivity index (χ2v) is 8.46. The highest BCUT2D eigenvalue weighted by molar-refractivity contribution is 7.89. The van der Waals surface area contributed by atoms with Crippen LogP contribution >= 0.6 is 11.6 Å². The van der Waals surface area contributed by atoms with Crippen LogP contribution in [-0.4, -0.2) is 38.8 Å². The molecule has 0 aromatic heterocycles. The number of halogens is 1. The van der Waals surface area contributed by atoms with Gasteiger partial charge in [-0.3, -0.25) is 4.79 Å². The topological polar surface area (TPSA) is 75.7 Å². The first-order valence-corrected chi connectivity index (χ1v) is 9.38. The number of amides is 1. The molecule has 0 spiro atoms. The zero-order chi connectivity index (χ0) is 18.2. The van der Waals surface area contributed by atoms with E-state index in [9.17, 15) is 13.2 Å². The highest BCUT2D eigenvalue weighted by Crippen LogP contribution is 2.31. The van der Waals surface area contributed by atoms with Crippen LogP contribution in [0.5, 0.6) is 5.75 Å². The van der Waals surface area contributed by atoms with Gasteiger partial charge < -0.3 is 10.1 Å². The van der Waals surface area contributed by atoms with Crippen molar-refractivity contribution in [1.29, 1.82) is 0 Å². The number of benzene rings is 2. The lowest BCUT2D eigenvalue weighted by atomic mass is 10.1. The summed E-state index contributed by atoms with van der Waals surface area (Å²) in [5, 5.41) is 3.29. The van der Waals surface area contributed by atoms with Gasteiger partial charge in [0.15, 0.2) is 6.10 Å². The summed E-state index contributed by atoms with van der Waals surface area (Å²) >= 11 is 5.95. The van der Waals surface area contributed by atoms with Gasteiger partial charge in [0.1, 0.15) is 5.75 Å². The molecule has 2 aromatic carbocycles. The van der Waals surface area contributed by atoms with E-state index in [0.29, 0.717) is 22.9 Å². The number of hydrogen-bond donors (Lipinski definition) is 1. The van der Waals surface area contributed by atoms with Crippen molar-refractivity contribution in [2.24, 2.45) is 0 Å². The minimum Gasteiger partial charge on any atom is -0.480 e. The van der Waals surface area contributed by atoms with Gasteiger partial charge in [-0.2, -0.15) is 0 Å². The molecule has 1 amide bonds. The summed E-state index contributed by atoms with van der Waals surface area (Å²) in [7, 11) is -0.659. The van der Waals surface area contributed by atoms with Gasteiger partial charge in [0.25, 0.3) is 5.91 Å². The monoisotopic (exact) mass is 380 g/mol. The van der Waals surface area contributed by atoms with Gasteiger partial charge in [0.05, 0.1) is 4.90 Å². The minimum atomic E-state index is -3.57. The second-order valence-electron chi connectivity index (χ2n) is 5.87. The first kappa shape index (κ1) is 17.7. The predicted molar refractivity (Wildman–Crippen MR) is 95.5 cm³/mol. The number of hydrogen-bond acceptors (Lipinski definition) is 4. The molecule has 0 saturated carbocycles. The average Bonchev–Trinajstić information content (AvgIpc) is 2.98. The van der Waals surface area contributed by atoms with Crippen LogP contribution in [0.3, 0.4) is 0 Å². The maximum Gasteiger partial charge on any atom is 0.265 e. The Morgan fingerprint density at radius 3 is 2.72 bits per heavy atom. The molecule has 0 saturated heterocycles. The van der Waals surface area contributed by atoms with Crippen LogP contribution < -0.4 is 10.1 Å². The van der Waals surface area contributed by atoms with E-state index in [0.717, 1.165) is 9.87 Å². The Morgan fingerprint density at radius 2 is 2.00 bits per heavy atom. The molecule has 0 radical (unpaired) electrons. The normalized spacial score (nSPS) is 16.4. The van der Waals surface area contributed by atoms with Crippen LogP contribution in [0.4, 0.5) is 5.69 Å². The van der Waals surface area contributed by atoms with Crippen molar-refractivity contribution in [2.75, 3.05) is 19.4 Å². The van der Waals surface area contributed by atoms with Crippen molar-refractivity contribution in [3.63, 3.8) is 0 Å². The fourth-order valence-electron chi connectivity index (χ4n) is 2.53. The van der Waals surface area contributed by atoms with E-state index in [-0.39, 0.29) is 10.8 Å². The standard InChI is InChI=1S/C17H17ClN2O4S/c1-20(2)25(22,23)14-5-3-4-13(10-14)19-17(21)16-9-11-8-12(18)6-7-15(11)24-16/h3-8,10,16H,9H2,1-2H3,(H,19,21). The van der Waals surface area contributed by atoms with Gasteiger partial charge in [-0.15, -0.1) is 0 Å². The quantitative estimate of drug-likeness (QED) is 0.884. The van der Waals surface area contributed by atoms with E-state index < -0.39 is 16.1 Å². The summed E-state index contributed by atoms with van der Waals surface area (Å²) in [6.07, 6.45) is -0.264. The summed E-state index contributed by atoms with van der Waals surface area (Å²) < 4.78 is 31.1. The van der Waals surface area contributed by atoms with Gasteiger partial charge in [-0.05, 0) is 42.0 Å². The van der Waals surface area contributed by atoms with E-state index in [1.54, 1.807) is 30.3 Å². The molecule has 2 aromatic rings. The van der Waals surface area contributed by atoms with Crippen molar-refractivity contribution in [1.82, 2.24) is 4.31 Å². The lowest BCUT2D eigenvalue weighted by molar-refractivity contribution is -0.122. The number of nitrogens with zero attached hydrogens (tertiary/aromatic N) is 1. The van der Waals surface area contributed by atoms with Gasteiger partial charge in [0.2, 0.25) is 10.0 Å². The lowest BCUT2D eigenvalue weighted by Crippen LogP contribution is -2.31. The zero-order valence-corrected chi connectivity index (χ0v) is 15.3. The van der Waals surface area contributed by atoms with Crippen molar-refractivity contribution < 1.29 is 17.9 Å². The Kier molecular flexibility index (Phi) is 4.73. The summed E-state index contributed by atoms with van der Waals surface area (Å²) in [6, 6.07) is 11.3. The third kappa shape index (κ3) is 3.63. The van der Waals surface area contributed by atoms with Crippen LogP contribution in [0.2, 0.25) is 5.02 Å². The molecule has 1 N–H and O–H groups in total. The van der Waals surface area contributed by atoms with Crippen molar-refractivity contribution in [3.8, 4) is 5.75 Å². The van der Waals surface area contributed by atoms with E-state index in [1.165, 1.54) is 26.2 Å². The number of sulfonamides is 1. The Hall–Kier alpha value is -2.09. The molecule has 0 bridgehead atoms. The summed E-state index contributed by atoms with van der Waals surface area (Å²) in [5.74, 6) is 0.292. The van der Waals surface area contributed by atoms with Crippen LogP contribution in [0.15, 0.2) is 47.4 Å². The molecule has 25 heavy (non-hydrogen) atoms. The van der Waals surface area contributed by atoms with E-state index >= 15 is 0 Å². The van der Waals surface area contributed by atoms with Gasteiger partial charge in [-0.1, -0.05) is 17.7 Å². The maximum absolute atomic E-state index is 12.4. The number of carbonyl (C=O) groups excluding carboxylic acids is 1. The molecule has 1 unspecified atom stereocenters. The van der Waals surface area contributed by atoms with Gasteiger partial charge in [-0.25, -0.2) is 12.7 Å². The fourth-order valence-corrected chi connectivity index (χ4v) is 3.67. The first-order valence-electron chi connectivity index (χ1n) is 7.56. The van der Waals surface area contributed by atoms with Crippen LogP contribution in [0.25, 0.3) is 0 Å². The summed E-state index contributed by atoms with van der Waals surface area (Å²) in [4.78, 5) is 12.5. The molecule has 1 heterocycles. The van der Waals surface area contributed by atoms with Crippen molar-refractivity contribution >= 4 is 33.2 Å². The largest absolute Gasteiger partial charge is 0.480 e. The number of ether oxygens (including phenoxy) is 1. The molecule has 1 aliphatic heterocycles. The van der Waals surface area contributed by atoms with Crippen LogP contribution in [0, 0.1) is 0 Å². The maximum atomic E-state index is 12.4. The number of nitrogens with one attached hydrogen (secondary N) is 1. The lowest BCUT2D eigenvalue weighted by Gasteiger charge is -2.14. The fraction of sp³-hybridized carbons (Fsp3) is 0.235. The van der Waals surface area contributed by atoms with E-state index in [4.69, 9.17) is 16.3 Å². The average molecular weight is 381 g/mol. The molecule has 1 atom stereocenters. The summed E-state index contributed by atoms with van der Waals surface area (Å²) in [6.45, 7) is 0. The third-order valence-corrected chi connectivity index (χ3v) is 5.92. The highest BCUT2D eigenvalue weighted by atomic mass is 35.5.